The summed E-state index contributed by atoms with van der Waals surface area (Å²) in [5, 5.41) is 10.1. The van der Waals surface area contributed by atoms with Crippen molar-refractivity contribution >= 4 is 22.9 Å². The Kier molecular flexibility index (Phi) is 5.49. The van der Waals surface area contributed by atoms with Gasteiger partial charge >= 0.3 is 0 Å². The molecule has 0 atom stereocenters. The van der Waals surface area contributed by atoms with Gasteiger partial charge in [-0.2, -0.15) is 0 Å². The lowest BCUT2D eigenvalue weighted by atomic mass is 10.1. The molecular weight excluding hydrogens is 344 g/mol. The molecule has 0 fully saturated rings. The quantitative estimate of drug-likeness (QED) is 0.654. The molecule has 3 aromatic rings. The highest BCUT2D eigenvalue weighted by Crippen LogP contribution is 2.26. The maximum absolute atomic E-state index is 12.7. The van der Waals surface area contributed by atoms with E-state index in [0.717, 1.165) is 5.56 Å². The smallest absolute Gasteiger partial charge is 0.259 e. The van der Waals surface area contributed by atoms with Crippen LogP contribution in [0.1, 0.15) is 29.9 Å². The fourth-order valence-corrected chi connectivity index (χ4v) is 2.69. The summed E-state index contributed by atoms with van der Waals surface area (Å²) in [6.07, 6.45) is 0. The van der Waals surface area contributed by atoms with Gasteiger partial charge in [0.15, 0.2) is 0 Å². The van der Waals surface area contributed by atoms with E-state index in [-0.39, 0.29) is 17.7 Å². The van der Waals surface area contributed by atoms with Crippen LogP contribution in [0.4, 0.5) is 0 Å². The number of fused-ring (bicyclic) bond motifs is 1. The first-order valence-corrected chi connectivity index (χ1v) is 8.85. The molecule has 0 radical (unpaired) electrons. The van der Waals surface area contributed by atoms with E-state index in [1.165, 1.54) is 0 Å². The zero-order valence-electron chi connectivity index (χ0n) is 15.6. The lowest BCUT2D eigenvalue weighted by molar-refractivity contribution is -0.123. The Hall–Kier alpha value is -3.22. The van der Waals surface area contributed by atoms with Gasteiger partial charge in [-0.05, 0) is 13.0 Å². The molecule has 0 saturated carbocycles. The van der Waals surface area contributed by atoms with Crippen LogP contribution in [0.15, 0.2) is 40.9 Å². The summed E-state index contributed by atoms with van der Waals surface area (Å²) >= 11 is 0. The average molecular weight is 366 g/mol. The van der Waals surface area contributed by atoms with Gasteiger partial charge < -0.3 is 15.2 Å². The molecular formula is C20H22N4O3. The predicted molar refractivity (Wildman–Crippen MR) is 102 cm³/mol. The van der Waals surface area contributed by atoms with Crippen molar-refractivity contribution in [3.8, 4) is 11.3 Å². The zero-order chi connectivity index (χ0) is 19.4. The van der Waals surface area contributed by atoms with Crippen molar-refractivity contribution in [1.29, 1.82) is 0 Å². The number of nitrogens with one attached hydrogen (secondary N) is 2. The van der Waals surface area contributed by atoms with E-state index in [4.69, 9.17) is 4.52 Å². The average Bonchev–Trinajstić information content (AvgIpc) is 3.05. The standard InChI is InChI=1S/C20H22N4O3/c1-12(2)18(25)21-9-10-22-19(26)15-11-16(14-7-5-4-6-8-14)23-20-17(15)13(3)24-27-20/h4-8,11-12H,9-10H2,1-3H3,(H,21,25)(H,22,26). The van der Waals surface area contributed by atoms with E-state index in [1.54, 1.807) is 13.0 Å². The van der Waals surface area contributed by atoms with Crippen molar-refractivity contribution in [3.05, 3.63) is 47.7 Å². The highest BCUT2D eigenvalue weighted by atomic mass is 16.5. The maximum Gasteiger partial charge on any atom is 0.259 e. The minimum Gasteiger partial charge on any atom is -0.354 e. The van der Waals surface area contributed by atoms with E-state index in [2.05, 4.69) is 20.8 Å². The van der Waals surface area contributed by atoms with Crippen LogP contribution in [0.5, 0.6) is 0 Å². The summed E-state index contributed by atoms with van der Waals surface area (Å²) < 4.78 is 5.29. The second-order valence-corrected chi connectivity index (χ2v) is 6.57. The van der Waals surface area contributed by atoms with Crippen molar-refractivity contribution in [2.45, 2.75) is 20.8 Å². The van der Waals surface area contributed by atoms with E-state index >= 15 is 0 Å². The van der Waals surface area contributed by atoms with E-state index in [1.807, 2.05) is 44.2 Å². The van der Waals surface area contributed by atoms with Gasteiger partial charge in [-0.15, -0.1) is 0 Å². The number of nitrogens with zero attached hydrogens (tertiary/aromatic N) is 2. The van der Waals surface area contributed by atoms with Gasteiger partial charge in [0.05, 0.1) is 22.3 Å². The second kappa shape index (κ2) is 7.99. The lowest BCUT2D eigenvalue weighted by Gasteiger charge is -2.10. The molecule has 0 aliphatic rings. The molecule has 140 valence electrons. The molecule has 2 aromatic heterocycles. The Morgan fingerprint density at radius 1 is 1.11 bits per heavy atom. The van der Waals surface area contributed by atoms with Crippen molar-refractivity contribution in [2.24, 2.45) is 5.92 Å². The molecule has 0 unspecified atom stereocenters. The van der Waals surface area contributed by atoms with Gasteiger partial charge in [0.25, 0.3) is 11.6 Å². The Bertz CT molecular complexity index is 964. The molecule has 0 saturated heterocycles. The molecule has 1 aromatic carbocycles. The summed E-state index contributed by atoms with van der Waals surface area (Å²) in [4.78, 5) is 28.8. The molecule has 0 spiro atoms. The highest BCUT2D eigenvalue weighted by Gasteiger charge is 2.19. The molecule has 27 heavy (non-hydrogen) atoms. The number of hydrogen-bond acceptors (Lipinski definition) is 5. The van der Waals surface area contributed by atoms with Gasteiger partial charge in [0.2, 0.25) is 5.91 Å². The molecule has 3 rings (SSSR count). The maximum atomic E-state index is 12.7. The molecule has 0 aliphatic heterocycles. The van der Waals surface area contributed by atoms with Crippen LogP contribution in [0.2, 0.25) is 0 Å². The van der Waals surface area contributed by atoms with Crippen LogP contribution < -0.4 is 10.6 Å². The van der Waals surface area contributed by atoms with Crippen LogP contribution in [0, 0.1) is 12.8 Å². The second-order valence-electron chi connectivity index (χ2n) is 6.57. The third kappa shape index (κ3) is 4.13. The first kappa shape index (κ1) is 18.6. The summed E-state index contributed by atoms with van der Waals surface area (Å²) in [6.45, 7) is 6.11. The van der Waals surface area contributed by atoms with Gasteiger partial charge in [0, 0.05) is 24.6 Å². The first-order valence-electron chi connectivity index (χ1n) is 8.85. The molecule has 2 amide bonds. The minimum absolute atomic E-state index is 0.0446. The van der Waals surface area contributed by atoms with Crippen LogP contribution in [-0.2, 0) is 4.79 Å². The number of rotatable bonds is 6. The summed E-state index contributed by atoms with van der Waals surface area (Å²) in [5.74, 6) is -0.393. The van der Waals surface area contributed by atoms with Crippen LogP contribution in [0.3, 0.4) is 0 Å². The van der Waals surface area contributed by atoms with Crippen molar-refractivity contribution in [3.63, 3.8) is 0 Å². The Labute approximate surface area is 157 Å². The number of aromatic nitrogens is 2. The third-order valence-corrected chi connectivity index (χ3v) is 4.17. The topological polar surface area (TPSA) is 97.1 Å². The Balaban J connectivity index is 1.83. The SMILES string of the molecule is Cc1noc2nc(-c3ccccc3)cc(C(=O)NCCNC(=O)C(C)C)c12. The van der Waals surface area contributed by atoms with Crippen LogP contribution in [0.25, 0.3) is 22.4 Å². The highest BCUT2D eigenvalue weighted by molar-refractivity contribution is 6.07. The van der Waals surface area contributed by atoms with Crippen molar-refractivity contribution in [1.82, 2.24) is 20.8 Å². The lowest BCUT2D eigenvalue weighted by Crippen LogP contribution is -2.36. The molecule has 0 aliphatic carbocycles. The fourth-order valence-electron chi connectivity index (χ4n) is 2.69. The van der Waals surface area contributed by atoms with Crippen molar-refractivity contribution in [2.75, 3.05) is 13.1 Å². The normalized spacial score (nSPS) is 11.0. The minimum atomic E-state index is -0.260. The fraction of sp³-hybridized carbons (Fsp3) is 0.300. The molecule has 7 heteroatoms. The van der Waals surface area contributed by atoms with Crippen LogP contribution >= 0.6 is 0 Å². The summed E-state index contributed by atoms with van der Waals surface area (Å²) in [7, 11) is 0. The van der Waals surface area contributed by atoms with E-state index < -0.39 is 0 Å². The van der Waals surface area contributed by atoms with Gasteiger partial charge in [-0.25, -0.2) is 4.98 Å². The molecule has 7 nitrogen and oxygen atoms in total. The number of hydrogen-bond donors (Lipinski definition) is 2. The monoisotopic (exact) mass is 366 g/mol. The van der Waals surface area contributed by atoms with Gasteiger partial charge in [-0.1, -0.05) is 49.3 Å². The van der Waals surface area contributed by atoms with Gasteiger partial charge in [-0.3, -0.25) is 9.59 Å². The number of carbonyl (C=O) groups is 2. The van der Waals surface area contributed by atoms with E-state index in [9.17, 15) is 9.59 Å². The number of benzene rings is 1. The number of amides is 2. The number of aryl methyl sites for hydroxylation is 1. The van der Waals surface area contributed by atoms with Crippen molar-refractivity contribution < 1.29 is 14.1 Å². The first-order chi connectivity index (χ1) is 13.0. The van der Waals surface area contributed by atoms with Crippen LogP contribution in [-0.4, -0.2) is 35.0 Å². The largest absolute Gasteiger partial charge is 0.354 e. The third-order valence-electron chi connectivity index (χ3n) is 4.17. The number of pyridine rings is 1. The van der Waals surface area contributed by atoms with E-state index in [0.29, 0.717) is 41.1 Å². The van der Waals surface area contributed by atoms with Gasteiger partial charge in [0.1, 0.15) is 0 Å². The number of carbonyl (C=O) groups excluding carboxylic acids is 2. The molecule has 2 heterocycles. The Morgan fingerprint density at radius 2 is 1.81 bits per heavy atom. The molecule has 0 bridgehead atoms. The summed E-state index contributed by atoms with van der Waals surface area (Å²) in [6, 6.07) is 11.3. The summed E-state index contributed by atoms with van der Waals surface area (Å²) in [5.41, 5.74) is 2.90. The predicted octanol–water partition coefficient (Wildman–Crippen LogP) is 2.70. The molecule has 2 N–H and O–H groups in total. The Morgan fingerprint density at radius 3 is 2.52 bits per heavy atom. The zero-order valence-corrected chi connectivity index (χ0v) is 15.6.